The summed E-state index contributed by atoms with van der Waals surface area (Å²) in [6, 6.07) is 9.69. The van der Waals surface area contributed by atoms with Gasteiger partial charge in [0.25, 0.3) is 5.91 Å². The molecule has 2 heterocycles. The Morgan fingerprint density at radius 2 is 1.83 bits per heavy atom. The summed E-state index contributed by atoms with van der Waals surface area (Å²) < 4.78 is 38.7. The Kier molecular flexibility index (Phi) is 5.54. The molecule has 2 aromatic rings. The highest BCUT2D eigenvalue weighted by Crippen LogP contribution is 2.34. The van der Waals surface area contributed by atoms with Crippen LogP contribution in [0.25, 0.3) is 0 Å². The number of hydrogen-bond donors (Lipinski definition) is 1. The lowest BCUT2D eigenvalue weighted by molar-refractivity contribution is 0.102. The van der Waals surface area contributed by atoms with Crippen molar-refractivity contribution in [2.75, 3.05) is 25.2 Å². The molecule has 0 radical (unpaired) electrons. The molecule has 4 rings (SSSR count). The Hall–Kier alpha value is -2.10. The van der Waals surface area contributed by atoms with Crippen molar-refractivity contribution >= 4 is 37.5 Å². The van der Waals surface area contributed by atoms with E-state index in [1.165, 1.54) is 10.4 Å². The Bertz CT molecular complexity index is 1050. The molecule has 0 atom stereocenters. The maximum absolute atomic E-state index is 13.1. The Morgan fingerprint density at radius 1 is 1.10 bits per heavy atom. The number of amides is 1. The highest BCUT2D eigenvalue weighted by molar-refractivity contribution is 9.10. The predicted molar refractivity (Wildman–Crippen MR) is 112 cm³/mol. The topological polar surface area (TPSA) is 84.9 Å². The molecule has 1 fully saturated rings. The number of halogens is 1. The minimum atomic E-state index is -3.68. The zero-order valence-electron chi connectivity index (χ0n) is 15.9. The van der Waals surface area contributed by atoms with Gasteiger partial charge in [-0.1, -0.05) is 6.92 Å². The molecule has 0 bridgehead atoms. The van der Waals surface area contributed by atoms with E-state index in [4.69, 9.17) is 9.47 Å². The van der Waals surface area contributed by atoms with Crippen molar-refractivity contribution in [3.63, 3.8) is 0 Å². The van der Waals surface area contributed by atoms with E-state index < -0.39 is 15.9 Å². The van der Waals surface area contributed by atoms with Gasteiger partial charge in [-0.25, -0.2) is 8.42 Å². The van der Waals surface area contributed by atoms with Gasteiger partial charge in [0.05, 0.1) is 4.90 Å². The average Bonchev–Trinajstić information content (AvgIpc) is 3.16. The molecule has 29 heavy (non-hydrogen) atoms. The van der Waals surface area contributed by atoms with Crippen LogP contribution in [0.3, 0.4) is 0 Å². The molecule has 0 unspecified atom stereocenters. The minimum Gasteiger partial charge on any atom is -0.454 e. The highest BCUT2D eigenvalue weighted by atomic mass is 79.9. The number of ether oxygens (including phenoxy) is 2. The van der Waals surface area contributed by atoms with Crippen molar-refractivity contribution in [3.05, 3.63) is 46.4 Å². The van der Waals surface area contributed by atoms with Gasteiger partial charge in [0.15, 0.2) is 11.5 Å². The molecule has 0 saturated carbocycles. The Labute approximate surface area is 178 Å². The summed E-state index contributed by atoms with van der Waals surface area (Å²) in [4.78, 5) is 12.8. The smallest absolute Gasteiger partial charge is 0.255 e. The number of fused-ring (bicyclic) bond motifs is 1. The molecule has 0 aromatic heterocycles. The van der Waals surface area contributed by atoms with E-state index in [1.54, 1.807) is 30.3 Å². The third-order valence-electron chi connectivity index (χ3n) is 5.18. The van der Waals surface area contributed by atoms with Crippen LogP contribution in [0.1, 0.15) is 30.1 Å². The summed E-state index contributed by atoms with van der Waals surface area (Å²) in [7, 11) is -3.68. The van der Waals surface area contributed by atoms with Crippen LogP contribution in [-0.4, -0.2) is 38.5 Å². The lowest BCUT2D eigenvalue weighted by Gasteiger charge is -2.29. The number of anilines is 1. The Morgan fingerprint density at radius 3 is 2.59 bits per heavy atom. The van der Waals surface area contributed by atoms with Crippen LogP contribution in [0.4, 0.5) is 5.69 Å². The highest BCUT2D eigenvalue weighted by Gasteiger charge is 2.30. The second kappa shape index (κ2) is 7.97. The van der Waals surface area contributed by atoms with E-state index in [9.17, 15) is 13.2 Å². The zero-order chi connectivity index (χ0) is 20.6. The molecule has 1 amide bonds. The second-order valence-electron chi connectivity index (χ2n) is 7.25. The molecule has 1 N–H and O–H groups in total. The first kappa shape index (κ1) is 20.2. The number of carbonyl (C=O) groups excluding carboxylic acids is 1. The van der Waals surface area contributed by atoms with E-state index in [2.05, 4.69) is 28.2 Å². The molecule has 0 aliphatic carbocycles. The number of carbonyl (C=O) groups is 1. The van der Waals surface area contributed by atoms with Crippen LogP contribution in [0.2, 0.25) is 0 Å². The molecule has 0 spiro atoms. The van der Waals surface area contributed by atoms with Crippen LogP contribution < -0.4 is 14.8 Å². The van der Waals surface area contributed by atoms with Crippen LogP contribution in [-0.2, 0) is 10.0 Å². The van der Waals surface area contributed by atoms with Crippen LogP contribution >= 0.6 is 15.9 Å². The van der Waals surface area contributed by atoms with E-state index in [0.29, 0.717) is 40.7 Å². The molecule has 154 valence electrons. The van der Waals surface area contributed by atoms with E-state index in [1.807, 2.05) is 0 Å². The van der Waals surface area contributed by atoms with Crippen molar-refractivity contribution in [3.8, 4) is 11.5 Å². The lowest BCUT2D eigenvalue weighted by Crippen LogP contribution is -2.38. The third-order valence-corrected chi connectivity index (χ3v) is 8.08. The van der Waals surface area contributed by atoms with Gasteiger partial charge in [-0.2, -0.15) is 4.31 Å². The maximum Gasteiger partial charge on any atom is 0.255 e. The quantitative estimate of drug-likeness (QED) is 0.717. The molecular weight excluding hydrogens is 460 g/mol. The number of piperidine rings is 1. The lowest BCUT2D eigenvalue weighted by atomic mass is 10.0. The second-order valence-corrected chi connectivity index (χ2v) is 10.0. The molecule has 2 aliphatic heterocycles. The first-order valence-electron chi connectivity index (χ1n) is 9.35. The summed E-state index contributed by atoms with van der Waals surface area (Å²) in [5.41, 5.74) is 0.798. The summed E-state index contributed by atoms with van der Waals surface area (Å²) in [5.74, 6) is 1.29. The number of sulfonamides is 1. The Balaban J connectivity index is 1.57. The molecule has 7 nitrogen and oxygen atoms in total. The van der Waals surface area contributed by atoms with Gasteiger partial charge in [0.2, 0.25) is 16.8 Å². The third kappa shape index (κ3) is 4.12. The van der Waals surface area contributed by atoms with Crippen molar-refractivity contribution in [1.82, 2.24) is 4.31 Å². The molecule has 2 aromatic carbocycles. The van der Waals surface area contributed by atoms with Gasteiger partial charge >= 0.3 is 0 Å². The number of benzene rings is 2. The molecule has 1 saturated heterocycles. The van der Waals surface area contributed by atoms with Gasteiger partial charge in [-0.05, 0) is 65.0 Å². The van der Waals surface area contributed by atoms with Gasteiger partial charge < -0.3 is 14.8 Å². The minimum absolute atomic E-state index is 0.102. The fraction of sp³-hybridized carbons (Fsp3) is 0.350. The van der Waals surface area contributed by atoms with Gasteiger partial charge in [-0.15, -0.1) is 0 Å². The largest absolute Gasteiger partial charge is 0.454 e. The monoisotopic (exact) mass is 480 g/mol. The summed E-state index contributed by atoms with van der Waals surface area (Å²) in [6.07, 6.45) is 1.67. The number of nitrogens with one attached hydrogen (secondary N) is 1. The fourth-order valence-corrected chi connectivity index (χ4v) is 5.80. The first-order valence-corrected chi connectivity index (χ1v) is 11.6. The van der Waals surface area contributed by atoms with Crippen molar-refractivity contribution < 1.29 is 22.7 Å². The molecule has 9 heteroatoms. The van der Waals surface area contributed by atoms with Crippen molar-refractivity contribution in [1.29, 1.82) is 0 Å². The molecular formula is C20H21BrN2O5S. The van der Waals surface area contributed by atoms with Gasteiger partial charge in [-0.3, -0.25) is 4.79 Å². The SMILES string of the molecule is CC1CCN(S(=O)(=O)c2cc(C(=O)Nc3ccc4c(c3)OCO4)ccc2Br)CC1. The summed E-state index contributed by atoms with van der Waals surface area (Å²) >= 11 is 3.33. The molecule has 2 aliphatic rings. The average molecular weight is 481 g/mol. The van der Waals surface area contributed by atoms with E-state index in [0.717, 1.165) is 12.8 Å². The normalized spacial score (nSPS) is 17.3. The van der Waals surface area contributed by atoms with Crippen molar-refractivity contribution in [2.45, 2.75) is 24.7 Å². The standard InChI is InChI=1S/C20H21BrN2O5S/c1-13-6-8-23(9-7-13)29(25,26)19-10-14(2-4-16(19)21)20(24)22-15-3-5-17-18(11-15)28-12-27-17/h2-5,10-11,13H,6-9,12H2,1H3,(H,22,24). The van der Waals surface area contributed by atoms with E-state index >= 15 is 0 Å². The van der Waals surface area contributed by atoms with Crippen LogP contribution in [0.15, 0.2) is 45.8 Å². The number of rotatable bonds is 4. The van der Waals surface area contributed by atoms with Gasteiger partial charge in [0, 0.05) is 34.9 Å². The van der Waals surface area contributed by atoms with Crippen LogP contribution in [0.5, 0.6) is 11.5 Å². The summed E-state index contributed by atoms with van der Waals surface area (Å²) in [5, 5.41) is 2.77. The van der Waals surface area contributed by atoms with Gasteiger partial charge in [0.1, 0.15) is 0 Å². The maximum atomic E-state index is 13.1. The van der Waals surface area contributed by atoms with E-state index in [-0.39, 0.29) is 17.3 Å². The summed E-state index contributed by atoms with van der Waals surface area (Å²) in [6.45, 7) is 3.25. The number of hydrogen-bond acceptors (Lipinski definition) is 5. The number of nitrogens with zero attached hydrogens (tertiary/aromatic N) is 1. The first-order chi connectivity index (χ1) is 13.8. The van der Waals surface area contributed by atoms with Crippen molar-refractivity contribution in [2.24, 2.45) is 5.92 Å². The van der Waals surface area contributed by atoms with Crippen LogP contribution in [0, 0.1) is 5.92 Å². The fourth-order valence-electron chi connectivity index (χ4n) is 3.38. The zero-order valence-corrected chi connectivity index (χ0v) is 18.3. The predicted octanol–water partition coefficient (Wildman–Crippen LogP) is 3.85.